The first-order valence-corrected chi connectivity index (χ1v) is 8.23. The lowest BCUT2D eigenvalue weighted by molar-refractivity contribution is -0.140. The molecule has 0 aliphatic rings. The largest absolute Gasteiger partial charge is 0.480 e. The van der Waals surface area contributed by atoms with E-state index in [2.05, 4.69) is 0 Å². The van der Waals surface area contributed by atoms with Crippen molar-refractivity contribution in [2.24, 2.45) is 5.92 Å². The molecule has 0 spiro atoms. The molecular weight excluding hydrogens is 344 g/mol. The highest BCUT2D eigenvalue weighted by molar-refractivity contribution is 7.89. The molecule has 0 saturated carbocycles. The number of carboxylic acids is 1. The predicted molar refractivity (Wildman–Crippen MR) is 77.6 cm³/mol. The number of benzene rings is 1. The van der Waals surface area contributed by atoms with Crippen LogP contribution in [0.25, 0.3) is 0 Å². The predicted octanol–water partition coefficient (Wildman–Crippen LogP) is 2.91. The molecule has 0 amide bonds. The second kappa shape index (κ2) is 6.91. The van der Waals surface area contributed by atoms with Crippen molar-refractivity contribution in [3.63, 3.8) is 0 Å². The fourth-order valence-corrected chi connectivity index (χ4v) is 4.14. The van der Waals surface area contributed by atoms with Crippen molar-refractivity contribution in [3.8, 4) is 0 Å². The van der Waals surface area contributed by atoms with Crippen LogP contribution in [0.15, 0.2) is 17.0 Å². The Bertz CT molecular complexity index is 628. The van der Waals surface area contributed by atoms with E-state index in [1.165, 1.54) is 0 Å². The molecule has 9 heteroatoms. The molecule has 0 saturated heterocycles. The molecule has 0 aliphatic carbocycles. The van der Waals surface area contributed by atoms with Crippen molar-refractivity contribution in [3.05, 3.63) is 28.0 Å². The van der Waals surface area contributed by atoms with Crippen LogP contribution in [-0.4, -0.2) is 25.5 Å². The third-order valence-electron chi connectivity index (χ3n) is 2.99. The fraction of sp³-hybridized carbons (Fsp3) is 0.417. The average molecular weight is 358 g/mol. The third kappa shape index (κ3) is 4.29. The first-order valence-electron chi connectivity index (χ1n) is 5.99. The molecule has 0 aromatic heterocycles. The lowest BCUT2D eigenvalue weighted by atomic mass is 10.0. The van der Waals surface area contributed by atoms with Crippen molar-refractivity contribution in [1.29, 1.82) is 0 Å². The second-order valence-electron chi connectivity index (χ2n) is 4.52. The number of halogens is 3. The summed E-state index contributed by atoms with van der Waals surface area (Å²) in [6, 6.07) is 0.249. The van der Waals surface area contributed by atoms with E-state index in [-0.39, 0.29) is 0 Å². The van der Waals surface area contributed by atoms with E-state index in [0.29, 0.717) is 6.42 Å². The maximum atomic E-state index is 13.1. The van der Waals surface area contributed by atoms with Gasteiger partial charge in [0.05, 0.1) is 10.0 Å². The quantitative estimate of drug-likeness (QED) is 0.819. The Morgan fingerprint density at radius 3 is 2.24 bits per heavy atom. The first-order chi connectivity index (χ1) is 9.60. The Hall–Kier alpha value is -0.890. The fourth-order valence-electron chi connectivity index (χ4n) is 1.66. The molecule has 2 N–H and O–H groups in total. The number of aliphatic carboxylic acids is 1. The highest BCUT2D eigenvalue weighted by Gasteiger charge is 2.32. The minimum Gasteiger partial charge on any atom is -0.480 e. The second-order valence-corrected chi connectivity index (χ2v) is 6.99. The molecule has 118 valence electrons. The number of hydrogen-bond acceptors (Lipinski definition) is 3. The van der Waals surface area contributed by atoms with E-state index in [9.17, 15) is 17.6 Å². The van der Waals surface area contributed by atoms with E-state index in [1.54, 1.807) is 13.8 Å². The lowest BCUT2D eigenvalue weighted by Crippen LogP contribution is -2.45. The maximum Gasteiger partial charge on any atom is 0.322 e. The number of carboxylic acid groups (broad SMARTS) is 1. The maximum absolute atomic E-state index is 13.1. The summed E-state index contributed by atoms with van der Waals surface area (Å²) in [5, 5.41) is 8.28. The number of nitrogens with one attached hydrogen (secondary N) is 1. The molecule has 0 bridgehead atoms. The van der Waals surface area contributed by atoms with E-state index in [4.69, 9.17) is 28.3 Å². The van der Waals surface area contributed by atoms with Crippen LogP contribution in [0.3, 0.4) is 0 Å². The summed E-state index contributed by atoms with van der Waals surface area (Å²) < 4.78 is 39.6. The smallest absolute Gasteiger partial charge is 0.322 e. The van der Waals surface area contributed by atoms with Crippen LogP contribution in [0.1, 0.15) is 20.3 Å². The summed E-state index contributed by atoms with van der Waals surface area (Å²) in [7, 11) is -4.30. The van der Waals surface area contributed by atoms with Gasteiger partial charge in [0.2, 0.25) is 10.0 Å². The van der Waals surface area contributed by atoms with Crippen molar-refractivity contribution < 1.29 is 22.7 Å². The van der Waals surface area contributed by atoms with Crippen LogP contribution in [0.5, 0.6) is 0 Å². The molecule has 1 rings (SSSR count). The zero-order valence-corrected chi connectivity index (χ0v) is 13.6. The van der Waals surface area contributed by atoms with Gasteiger partial charge in [-0.2, -0.15) is 4.72 Å². The SMILES string of the molecule is CC[C@H](C)[C@H](NS(=O)(=O)c1c(Cl)cc(F)cc1Cl)C(=O)O. The summed E-state index contributed by atoms with van der Waals surface area (Å²) in [6.45, 7) is 3.32. The van der Waals surface area contributed by atoms with Crippen LogP contribution < -0.4 is 4.72 Å². The molecule has 1 aromatic carbocycles. The molecule has 2 atom stereocenters. The zero-order chi connectivity index (χ0) is 16.4. The van der Waals surface area contributed by atoms with Gasteiger partial charge in [0, 0.05) is 0 Å². The highest BCUT2D eigenvalue weighted by atomic mass is 35.5. The average Bonchev–Trinajstić information content (AvgIpc) is 2.33. The monoisotopic (exact) mass is 357 g/mol. The van der Waals surface area contributed by atoms with Gasteiger partial charge in [-0.25, -0.2) is 12.8 Å². The van der Waals surface area contributed by atoms with Crippen LogP contribution in [-0.2, 0) is 14.8 Å². The molecular formula is C12H14Cl2FNO4S. The van der Waals surface area contributed by atoms with Crippen LogP contribution in [0.4, 0.5) is 4.39 Å². The van der Waals surface area contributed by atoms with Gasteiger partial charge in [0.1, 0.15) is 16.8 Å². The van der Waals surface area contributed by atoms with Crippen molar-refractivity contribution >= 4 is 39.2 Å². The van der Waals surface area contributed by atoms with Crippen LogP contribution in [0, 0.1) is 11.7 Å². The van der Waals surface area contributed by atoms with Gasteiger partial charge < -0.3 is 5.11 Å². The van der Waals surface area contributed by atoms with Gasteiger partial charge in [0.25, 0.3) is 0 Å². The van der Waals surface area contributed by atoms with E-state index in [1.807, 2.05) is 4.72 Å². The molecule has 1 aromatic rings. The summed E-state index contributed by atoms with van der Waals surface area (Å²) in [4.78, 5) is 10.6. The molecule has 5 nitrogen and oxygen atoms in total. The topological polar surface area (TPSA) is 83.5 Å². The summed E-state index contributed by atoms with van der Waals surface area (Å²) in [5.41, 5.74) is 0. The number of carbonyl (C=O) groups is 1. The Labute approximate surface area is 132 Å². The zero-order valence-electron chi connectivity index (χ0n) is 11.2. The molecule has 0 aliphatic heterocycles. The minimum absolute atomic E-state index is 0.416. The number of rotatable bonds is 6. The lowest BCUT2D eigenvalue weighted by Gasteiger charge is -2.20. The molecule has 0 heterocycles. The van der Waals surface area contributed by atoms with E-state index < -0.39 is 48.7 Å². The normalized spacial score (nSPS) is 14.7. The van der Waals surface area contributed by atoms with Gasteiger partial charge in [-0.3, -0.25) is 4.79 Å². The Kier molecular flexibility index (Phi) is 5.98. The highest BCUT2D eigenvalue weighted by Crippen LogP contribution is 2.30. The Morgan fingerprint density at radius 1 is 1.38 bits per heavy atom. The minimum atomic E-state index is -4.30. The van der Waals surface area contributed by atoms with Crippen molar-refractivity contribution in [1.82, 2.24) is 4.72 Å². The third-order valence-corrected chi connectivity index (χ3v) is 5.35. The van der Waals surface area contributed by atoms with Crippen molar-refractivity contribution in [2.75, 3.05) is 0 Å². The standard InChI is InChI=1S/C12H14Cl2FNO4S/c1-3-6(2)10(12(17)18)16-21(19,20)11-8(13)4-7(15)5-9(11)14/h4-6,10,16H,3H2,1-2H3,(H,17,18)/t6-,10-/m0/s1. The molecule has 0 fully saturated rings. The van der Waals surface area contributed by atoms with Gasteiger partial charge >= 0.3 is 5.97 Å². The van der Waals surface area contributed by atoms with Crippen LogP contribution >= 0.6 is 23.2 Å². The molecule has 0 unspecified atom stereocenters. The van der Waals surface area contributed by atoms with Gasteiger partial charge in [-0.05, 0) is 18.1 Å². The Balaban J connectivity index is 3.26. The van der Waals surface area contributed by atoms with Gasteiger partial charge in [-0.15, -0.1) is 0 Å². The number of hydrogen-bond donors (Lipinski definition) is 2. The molecule has 0 radical (unpaired) electrons. The summed E-state index contributed by atoms with van der Waals surface area (Å²) in [5.74, 6) is -2.56. The molecule has 21 heavy (non-hydrogen) atoms. The van der Waals surface area contributed by atoms with Gasteiger partial charge in [0.15, 0.2) is 0 Å². The Morgan fingerprint density at radius 2 is 1.86 bits per heavy atom. The first kappa shape index (κ1) is 18.2. The number of sulfonamides is 1. The van der Waals surface area contributed by atoms with E-state index >= 15 is 0 Å². The van der Waals surface area contributed by atoms with Gasteiger partial charge in [-0.1, -0.05) is 43.5 Å². The summed E-state index contributed by atoms with van der Waals surface area (Å²) in [6.07, 6.45) is 0.449. The van der Waals surface area contributed by atoms with Crippen LogP contribution in [0.2, 0.25) is 10.0 Å². The summed E-state index contributed by atoms with van der Waals surface area (Å²) >= 11 is 11.4. The van der Waals surface area contributed by atoms with E-state index in [0.717, 1.165) is 12.1 Å². The van der Waals surface area contributed by atoms with Crippen molar-refractivity contribution in [2.45, 2.75) is 31.2 Å².